The minimum atomic E-state index is -0.625. The number of rotatable bonds is 0. The van der Waals surface area contributed by atoms with Crippen LogP contribution in [0.3, 0.4) is 0 Å². The van der Waals surface area contributed by atoms with Crippen molar-refractivity contribution in [1.82, 2.24) is 4.90 Å². The van der Waals surface area contributed by atoms with Crippen LogP contribution in [0.1, 0.15) is 0 Å². The van der Waals surface area contributed by atoms with Crippen molar-refractivity contribution in [3.8, 4) is 0 Å². The normalized spacial score (nSPS) is 15.2. The van der Waals surface area contributed by atoms with Crippen molar-refractivity contribution in [3.63, 3.8) is 0 Å². The van der Waals surface area contributed by atoms with Crippen molar-refractivity contribution in [2.45, 2.75) is 6.80 Å². The molecule has 0 aromatic heterocycles. The Morgan fingerprint density at radius 3 is 0.615 bits per heavy atom. The van der Waals surface area contributed by atoms with Gasteiger partial charge in [-0.2, -0.15) is 0 Å². The fourth-order valence-corrected chi connectivity index (χ4v) is 11.6. The van der Waals surface area contributed by atoms with E-state index >= 15 is 0 Å². The molecule has 0 aliphatic rings. The number of nitrogens with zero attached hydrogens (tertiary/aromatic N) is 1. The van der Waals surface area contributed by atoms with Gasteiger partial charge in [0.1, 0.15) is 0 Å². The van der Waals surface area contributed by atoms with Crippen molar-refractivity contribution < 1.29 is 0 Å². The summed E-state index contributed by atoms with van der Waals surface area (Å²) in [6.07, 6.45) is 0. The van der Waals surface area contributed by atoms with Gasteiger partial charge in [-0.25, -0.2) is 4.90 Å². The summed E-state index contributed by atoms with van der Waals surface area (Å²) in [6, 6.07) is 0. The molecule has 0 bridgehead atoms. The molecule has 0 aromatic rings. The molecule has 0 aliphatic heterocycles. The number of hydrogen-bond acceptors (Lipinski definition) is 1. The second-order valence-corrected chi connectivity index (χ2v) is 21.6. The zero-order chi connectivity index (χ0) is 11.1. The fourth-order valence-electron chi connectivity index (χ4n) is 0.431. The van der Waals surface area contributed by atoms with E-state index in [1.165, 1.54) is 0 Å². The van der Waals surface area contributed by atoms with Gasteiger partial charge in [-0.15, -0.1) is 0 Å². The van der Waals surface area contributed by atoms with E-state index in [9.17, 15) is 0 Å². The molecule has 0 fully saturated rings. The maximum atomic E-state index is 3.40. The lowest BCUT2D eigenvalue weighted by molar-refractivity contribution is 0.358. The van der Waals surface area contributed by atoms with Crippen LogP contribution in [0, 0.1) is 0 Å². The van der Waals surface area contributed by atoms with E-state index < -0.39 is 6.80 Å². The molecule has 0 atom stereocenters. The molecule has 0 aliphatic carbocycles. The van der Waals surface area contributed by atoms with E-state index in [0.717, 1.165) is 0 Å². The molecule has 0 spiro atoms. The Morgan fingerprint density at radius 2 is 0.615 bits per heavy atom. The largest absolute Gasteiger partial charge is 0.202 e. The Kier molecular flexibility index (Phi) is 7.91. The van der Waals surface area contributed by atoms with Crippen LogP contribution in [0.5, 0.6) is 0 Å². The number of alkyl halides is 9. The summed E-state index contributed by atoms with van der Waals surface area (Å²) in [6.45, 7) is 0. The Labute approximate surface area is 152 Å². The Hall–Kier alpha value is 4.28. The molecule has 0 rings (SSSR count). The molecule has 0 aromatic carbocycles. The SMILES string of the molecule is BrC(Br)(Br)N(C(Br)(Br)Br)C(Br)(Br)Br. The maximum absolute atomic E-state index is 3.40. The van der Waals surface area contributed by atoms with E-state index in [1.807, 2.05) is 4.90 Å². The van der Waals surface area contributed by atoms with Crippen LogP contribution < -0.4 is 0 Å². The van der Waals surface area contributed by atoms with Crippen molar-refractivity contribution in [3.05, 3.63) is 0 Å². The zero-order valence-corrected chi connectivity index (χ0v) is 19.6. The third-order valence-electron chi connectivity index (χ3n) is 0.761. The minimum absolute atomic E-state index is 0.625. The summed E-state index contributed by atoms with van der Waals surface area (Å²) in [7, 11) is 0. The molecule has 0 amide bonds. The van der Waals surface area contributed by atoms with Gasteiger partial charge >= 0.3 is 0 Å². The molecule has 0 saturated carbocycles. The summed E-state index contributed by atoms with van der Waals surface area (Å²) < 4.78 is -1.88. The molecule has 0 heterocycles. The van der Waals surface area contributed by atoms with Crippen LogP contribution in [0.2, 0.25) is 0 Å². The third-order valence-corrected chi connectivity index (χ3v) is 3.95. The van der Waals surface area contributed by atoms with Crippen LogP contribution in [-0.2, 0) is 0 Å². The van der Waals surface area contributed by atoms with Gasteiger partial charge in [-0.05, 0) is 143 Å². The first-order valence-electron chi connectivity index (χ1n) is 2.37. The van der Waals surface area contributed by atoms with Crippen LogP contribution in [0.25, 0.3) is 0 Å². The van der Waals surface area contributed by atoms with Crippen LogP contribution in [-0.4, -0.2) is 11.7 Å². The van der Waals surface area contributed by atoms with Gasteiger partial charge < -0.3 is 0 Å². The molecule has 0 unspecified atom stereocenters. The molecule has 13 heavy (non-hydrogen) atoms. The summed E-state index contributed by atoms with van der Waals surface area (Å²) >= 11 is 30.6. The van der Waals surface area contributed by atoms with E-state index in [0.29, 0.717) is 0 Å². The summed E-state index contributed by atoms with van der Waals surface area (Å²) in [5.41, 5.74) is 0. The highest BCUT2D eigenvalue weighted by molar-refractivity contribution is 9.41. The molecular formula is C3Br9N. The lowest BCUT2D eigenvalue weighted by atomic mass is 11.0. The highest BCUT2D eigenvalue weighted by atomic mass is 80.0. The van der Waals surface area contributed by atoms with Crippen molar-refractivity contribution in [2.75, 3.05) is 0 Å². The Bertz CT molecular complexity index is 137. The van der Waals surface area contributed by atoms with Crippen molar-refractivity contribution in [1.29, 1.82) is 0 Å². The molecule has 0 radical (unpaired) electrons. The van der Waals surface area contributed by atoms with E-state index in [2.05, 4.69) is 143 Å². The van der Waals surface area contributed by atoms with Gasteiger partial charge in [0.25, 0.3) is 0 Å². The summed E-state index contributed by atoms with van der Waals surface area (Å²) in [5, 5.41) is 0. The number of hydrogen-bond donors (Lipinski definition) is 0. The standard InChI is InChI=1S/C3Br9N/c4-1(5,6)13(2(7,8)9)3(10,11)12. The van der Waals surface area contributed by atoms with Crippen LogP contribution in [0.4, 0.5) is 0 Å². The average molecular weight is 769 g/mol. The first-order chi connectivity index (χ1) is 5.37. The Morgan fingerprint density at radius 1 is 0.462 bits per heavy atom. The van der Waals surface area contributed by atoms with Gasteiger partial charge in [0.05, 0.1) is 0 Å². The fraction of sp³-hybridized carbons (Fsp3) is 1.00. The van der Waals surface area contributed by atoms with Gasteiger partial charge in [-0.1, -0.05) is 0 Å². The molecule has 10 heteroatoms. The summed E-state index contributed by atoms with van der Waals surface area (Å²) in [5.74, 6) is 0. The molecule has 1 nitrogen and oxygen atoms in total. The second-order valence-electron chi connectivity index (χ2n) is 1.74. The average Bonchev–Trinajstić information content (AvgIpc) is 1.44. The Balaban J connectivity index is 5.02. The molecular weight excluding hydrogens is 769 g/mol. The number of halogens is 9. The van der Waals surface area contributed by atoms with Gasteiger partial charge in [-0.3, -0.25) is 0 Å². The molecule has 0 N–H and O–H groups in total. The van der Waals surface area contributed by atoms with Gasteiger partial charge in [0.15, 0.2) is 6.80 Å². The maximum Gasteiger partial charge on any atom is 0.193 e. The van der Waals surface area contributed by atoms with E-state index in [4.69, 9.17) is 0 Å². The lowest BCUT2D eigenvalue weighted by Crippen LogP contribution is -2.49. The predicted octanol–water partition coefficient (Wildman–Crippen LogP) is 6.68. The van der Waals surface area contributed by atoms with Crippen molar-refractivity contribution in [2.24, 2.45) is 0 Å². The van der Waals surface area contributed by atoms with Crippen LogP contribution in [0.15, 0.2) is 0 Å². The van der Waals surface area contributed by atoms with Crippen LogP contribution >= 0.6 is 143 Å². The summed E-state index contributed by atoms with van der Waals surface area (Å²) in [4.78, 5) is 1.81. The highest BCUT2D eigenvalue weighted by Gasteiger charge is 2.50. The first kappa shape index (κ1) is 17.3. The quantitative estimate of drug-likeness (QED) is 0.197. The zero-order valence-electron chi connectivity index (χ0n) is 5.35. The first-order valence-corrected chi connectivity index (χ1v) is 9.51. The second kappa shape index (κ2) is 5.95. The van der Waals surface area contributed by atoms with Gasteiger partial charge in [0, 0.05) is 0 Å². The molecule has 80 valence electrons. The third kappa shape index (κ3) is 6.69. The van der Waals surface area contributed by atoms with Crippen molar-refractivity contribution >= 4 is 143 Å². The molecule has 0 saturated heterocycles. The van der Waals surface area contributed by atoms with E-state index in [1.54, 1.807) is 0 Å². The predicted molar refractivity (Wildman–Crippen MR) is 90.4 cm³/mol. The van der Waals surface area contributed by atoms with E-state index in [-0.39, 0.29) is 0 Å². The van der Waals surface area contributed by atoms with Gasteiger partial charge in [0.2, 0.25) is 0 Å². The highest BCUT2D eigenvalue weighted by Crippen LogP contribution is 2.58. The monoisotopic (exact) mass is 760 g/mol. The minimum Gasteiger partial charge on any atom is -0.202 e. The smallest absolute Gasteiger partial charge is 0.193 e. The lowest BCUT2D eigenvalue weighted by Gasteiger charge is -2.42. The topological polar surface area (TPSA) is 3.24 Å².